The van der Waals surface area contributed by atoms with Crippen LogP contribution in [-0.2, 0) is 18.0 Å². The number of carbonyl (C=O) groups is 2. The second-order valence-corrected chi connectivity index (χ2v) is 16.6. The fourth-order valence-electron chi connectivity index (χ4n) is 7.23. The standard InChI is InChI=1S/C27H22BrF2NO3.C25H18BrF2NO3/c1-3-33-27(32)18-6-4-8-21(14-18)31-17(2)10-12-24(31)22-15-20(28)11-13-25(22)34-16-19-7-5-9-23(29)26(19)30;1-15-8-10-22(29(15)19-6-2-4-16(12-19)25(30)31)20-13-18(26)9-11-23(20)32-14-17-5-3-7-21(27)24(17)28/h4-15H,3,16H2,1-2H3;2-13H,14H2,1H3,(H,30,31). The highest BCUT2D eigenvalue weighted by Gasteiger charge is 2.19. The molecule has 2 aromatic heterocycles. The van der Waals surface area contributed by atoms with Gasteiger partial charge in [-0.1, -0.05) is 68.3 Å². The number of aromatic carboxylic acids is 1. The third-order valence-electron chi connectivity index (χ3n) is 10.4. The lowest BCUT2D eigenvalue weighted by Crippen LogP contribution is -2.07. The van der Waals surface area contributed by atoms with Crippen molar-refractivity contribution < 1.29 is 46.5 Å². The van der Waals surface area contributed by atoms with E-state index in [0.717, 1.165) is 55.1 Å². The molecule has 0 aliphatic rings. The molecule has 0 aliphatic carbocycles. The van der Waals surface area contributed by atoms with Crippen LogP contribution in [0.25, 0.3) is 33.9 Å². The van der Waals surface area contributed by atoms with E-state index in [9.17, 15) is 32.3 Å². The number of benzene rings is 6. The quantitative estimate of drug-likeness (QED) is 0.0914. The summed E-state index contributed by atoms with van der Waals surface area (Å²) in [7, 11) is 0. The van der Waals surface area contributed by atoms with Crippen LogP contribution in [0.2, 0.25) is 0 Å². The Labute approximate surface area is 394 Å². The van der Waals surface area contributed by atoms with Gasteiger partial charge >= 0.3 is 11.9 Å². The van der Waals surface area contributed by atoms with E-state index in [-0.39, 0.29) is 35.9 Å². The van der Waals surface area contributed by atoms with E-state index in [1.54, 1.807) is 55.5 Å². The van der Waals surface area contributed by atoms with Crippen LogP contribution in [0, 0.1) is 37.1 Å². The van der Waals surface area contributed by atoms with Gasteiger partial charge in [-0.05, 0) is 130 Å². The van der Waals surface area contributed by atoms with Crippen LogP contribution in [0.15, 0.2) is 155 Å². The summed E-state index contributed by atoms with van der Waals surface area (Å²) in [6.45, 7) is 5.66. The minimum absolute atomic E-state index is 0.111. The monoisotopic (exact) mass is 1020 g/mol. The molecule has 0 saturated carbocycles. The van der Waals surface area contributed by atoms with E-state index in [0.29, 0.717) is 34.9 Å². The summed E-state index contributed by atoms with van der Waals surface area (Å²) < 4.78 is 77.9. The molecule has 0 aliphatic heterocycles. The summed E-state index contributed by atoms with van der Waals surface area (Å²) in [5, 5.41) is 9.37. The van der Waals surface area contributed by atoms with Gasteiger partial charge in [-0.3, -0.25) is 0 Å². The fourth-order valence-corrected chi connectivity index (χ4v) is 7.96. The zero-order valence-electron chi connectivity index (χ0n) is 35.6. The third-order valence-corrected chi connectivity index (χ3v) is 11.4. The number of carboxylic acid groups (broad SMARTS) is 1. The number of carboxylic acids is 1. The van der Waals surface area contributed by atoms with Gasteiger partial charge in [-0.25, -0.2) is 27.2 Å². The van der Waals surface area contributed by atoms with E-state index in [1.807, 2.05) is 77.6 Å². The van der Waals surface area contributed by atoms with Crippen LogP contribution in [0.3, 0.4) is 0 Å². The highest BCUT2D eigenvalue weighted by molar-refractivity contribution is 9.10. The lowest BCUT2D eigenvalue weighted by atomic mass is 10.1. The Kier molecular flexibility index (Phi) is 14.9. The van der Waals surface area contributed by atoms with Gasteiger partial charge in [0.05, 0.1) is 29.1 Å². The number of halogens is 6. The molecule has 8 nitrogen and oxygen atoms in total. The maximum Gasteiger partial charge on any atom is 0.338 e. The molecule has 0 unspecified atom stereocenters. The molecule has 8 aromatic rings. The average Bonchev–Trinajstić information content (AvgIpc) is 3.90. The average molecular weight is 1020 g/mol. The SMILES string of the molecule is CCOC(=O)c1cccc(-n2c(C)ccc2-c2cc(Br)ccc2OCc2cccc(F)c2F)c1.Cc1ccc(-c2cc(Br)ccc2OCc2cccc(F)c2F)n1-c1cccc(C(=O)O)c1. The van der Waals surface area contributed by atoms with Crippen molar-refractivity contribution in [3.8, 4) is 45.4 Å². The maximum atomic E-state index is 14.1. The maximum absolute atomic E-state index is 14.1. The van der Waals surface area contributed by atoms with Gasteiger partial charge in [0.15, 0.2) is 23.3 Å². The van der Waals surface area contributed by atoms with Crippen molar-refractivity contribution in [2.24, 2.45) is 0 Å². The molecule has 0 bridgehead atoms. The summed E-state index contributed by atoms with van der Waals surface area (Å²) in [5.41, 5.74) is 7.21. The normalized spacial score (nSPS) is 10.9. The first-order valence-corrected chi connectivity index (χ1v) is 22.0. The molecule has 1 N–H and O–H groups in total. The summed E-state index contributed by atoms with van der Waals surface area (Å²) in [5.74, 6) is -4.11. The molecule has 6 aromatic carbocycles. The van der Waals surface area contributed by atoms with Crippen LogP contribution in [0.4, 0.5) is 17.6 Å². The molecule has 14 heteroatoms. The van der Waals surface area contributed by atoms with E-state index in [4.69, 9.17) is 14.2 Å². The molecule has 0 spiro atoms. The second kappa shape index (κ2) is 20.9. The smallest absolute Gasteiger partial charge is 0.338 e. The highest BCUT2D eigenvalue weighted by atomic mass is 79.9. The molecule has 66 heavy (non-hydrogen) atoms. The topological polar surface area (TPSA) is 91.9 Å². The molecule has 336 valence electrons. The molecule has 0 fully saturated rings. The lowest BCUT2D eigenvalue weighted by Gasteiger charge is -2.17. The van der Waals surface area contributed by atoms with E-state index < -0.39 is 29.2 Å². The highest BCUT2D eigenvalue weighted by Crippen LogP contribution is 2.38. The number of rotatable bonds is 13. The summed E-state index contributed by atoms with van der Waals surface area (Å²) in [4.78, 5) is 23.7. The first-order chi connectivity index (χ1) is 31.7. The Morgan fingerprint density at radius 2 is 1.00 bits per heavy atom. The number of aryl methyl sites for hydroxylation is 2. The minimum atomic E-state index is -1.01. The van der Waals surface area contributed by atoms with Gasteiger partial charge < -0.3 is 28.5 Å². The number of ether oxygens (including phenoxy) is 3. The summed E-state index contributed by atoms with van der Waals surface area (Å²) in [6.07, 6.45) is 0. The first-order valence-electron chi connectivity index (χ1n) is 20.4. The Balaban J connectivity index is 0.000000197. The number of esters is 1. The van der Waals surface area contributed by atoms with Crippen molar-refractivity contribution in [3.05, 3.63) is 211 Å². The van der Waals surface area contributed by atoms with Crippen molar-refractivity contribution in [2.45, 2.75) is 34.0 Å². The molecule has 0 amide bonds. The van der Waals surface area contributed by atoms with E-state index in [1.165, 1.54) is 30.3 Å². The summed E-state index contributed by atoms with van der Waals surface area (Å²) >= 11 is 6.99. The van der Waals surface area contributed by atoms with Crippen molar-refractivity contribution in [3.63, 3.8) is 0 Å². The van der Waals surface area contributed by atoms with Gasteiger partial charge in [0, 0.05) is 54.0 Å². The molecule has 2 heterocycles. The van der Waals surface area contributed by atoms with Gasteiger partial charge in [-0.2, -0.15) is 0 Å². The van der Waals surface area contributed by atoms with Crippen LogP contribution in [-0.4, -0.2) is 32.8 Å². The number of hydrogen-bond donors (Lipinski definition) is 1. The van der Waals surface area contributed by atoms with Gasteiger partial charge in [0.2, 0.25) is 0 Å². The Bertz CT molecular complexity index is 3080. The van der Waals surface area contributed by atoms with Crippen molar-refractivity contribution in [2.75, 3.05) is 6.61 Å². The van der Waals surface area contributed by atoms with Crippen molar-refractivity contribution in [1.82, 2.24) is 9.13 Å². The van der Waals surface area contributed by atoms with Gasteiger partial charge in [0.1, 0.15) is 24.7 Å². The predicted octanol–water partition coefficient (Wildman–Crippen LogP) is 14.0. The number of hydrogen-bond acceptors (Lipinski definition) is 5. The largest absolute Gasteiger partial charge is 0.488 e. The van der Waals surface area contributed by atoms with E-state index >= 15 is 0 Å². The number of carbonyl (C=O) groups excluding carboxylic acids is 1. The molecule has 0 saturated heterocycles. The Morgan fingerprint density at radius 1 is 0.561 bits per heavy atom. The molecular formula is C52H40Br2F4N2O6. The molecule has 0 radical (unpaired) electrons. The van der Waals surface area contributed by atoms with Gasteiger partial charge in [0.25, 0.3) is 0 Å². The zero-order chi connectivity index (χ0) is 47.1. The van der Waals surface area contributed by atoms with Crippen molar-refractivity contribution in [1.29, 1.82) is 0 Å². The van der Waals surface area contributed by atoms with Crippen LogP contribution in [0.5, 0.6) is 11.5 Å². The molecular weight excluding hydrogens is 984 g/mol. The molecule has 0 atom stereocenters. The Hall–Kier alpha value is -6.90. The first kappa shape index (κ1) is 47.1. The predicted molar refractivity (Wildman–Crippen MR) is 252 cm³/mol. The number of aromatic nitrogens is 2. The third kappa shape index (κ3) is 10.6. The zero-order valence-corrected chi connectivity index (χ0v) is 38.8. The molecule has 8 rings (SSSR count). The van der Waals surface area contributed by atoms with Crippen LogP contribution >= 0.6 is 31.9 Å². The van der Waals surface area contributed by atoms with Crippen molar-refractivity contribution >= 4 is 43.8 Å². The van der Waals surface area contributed by atoms with Gasteiger partial charge in [-0.15, -0.1) is 0 Å². The van der Waals surface area contributed by atoms with Crippen LogP contribution in [0.1, 0.15) is 50.2 Å². The van der Waals surface area contributed by atoms with Crippen LogP contribution < -0.4 is 9.47 Å². The second-order valence-electron chi connectivity index (χ2n) is 14.8. The fraction of sp³-hybridized carbons (Fsp3) is 0.115. The number of nitrogens with zero attached hydrogens (tertiary/aromatic N) is 2. The van der Waals surface area contributed by atoms with E-state index in [2.05, 4.69) is 31.9 Å². The lowest BCUT2D eigenvalue weighted by molar-refractivity contribution is 0.0525. The Morgan fingerprint density at radius 3 is 1.45 bits per heavy atom. The minimum Gasteiger partial charge on any atom is -0.488 e. The summed E-state index contributed by atoms with van der Waals surface area (Å²) in [6, 6.07) is 40.4.